The van der Waals surface area contributed by atoms with Crippen molar-refractivity contribution < 1.29 is 4.74 Å². The van der Waals surface area contributed by atoms with Crippen LogP contribution in [0.4, 0.5) is 0 Å². The van der Waals surface area contributed by atoms with Crippen LogP contribution in [0.25, 0.3) is 0 Å². The first-order valence-electron chi connectivity index (χ1n) is 6.13. The largest absolute Gasteiger partial charge is 0.496 e. The van der Waals surface area contributed by atoms with E-state index in [9.17, 15) is 0 Å². The van der Waals surface area contributed by atoms with E-state index >= 15 is 0 Å². The summed E-state index contributed by atoms with van der Waals surface area (Å²) in [5, 5.41) is 3.39. The average Bonchev–Trinajstić information content (AvgIpc) is 2.38. The molecule has 4 nitrogen and oxygen atoms in total. The third-order valence-corrected chi connectivity index (χ3v) is 4.02. The van der Waals surface area contributed by atoms with Gasteiger partial charge in [0.1, 0.15) is 5.75 Å². The van der Waals surface area contributed by atoms with E-state index in [-0.39, 0.29) is 6.04 Å². The average molecular weight is 314 g/mol. The van der Waals surface area contributed by atoms with Crippen molar-refractivity contribution >= 4 is 15.9 Å². The van der Waals surface area contributed by atoms with Crippen molar-refractivity contribution in [2.75, 3.05) is 33.8 Å². The van der Waals surface area contributed by atoms with Gasteiger partial charge >= 0.3 is 0 Å². The van der Waals surface area contributed by atoms with Crippen molar-refractivity contribution in [3.63, 3.8) is 0 Å². The summed E-state index contributed by atoms with van der Waals surface area (Å²) in [7, 11) is 3.80. The molecule has 2 atom stereocenters. The Bertz CT molecular complexity index is 413. The van der Waals surface area contributed by atoms with Crippen LogP contribution in [-0.4, -0.2) is 44.7 Å². The summed E-state index contributed by atoms with van der Waals surface area (Å²) in [6.07, 6.45) is 0. The lowest BCUT2D eigenvalue weighted by Crippen LogP contribution is -2.53. The summed E-state index contributed by atoms with van der Waals surface area (Å²) in [4.78, 5) is 2.31. The Morgan fingerprint density at radius 3 is 3.00 bits per heavy atom. The zero-order valence-electron chi connectivity index (χ0n) is 10.8. The quantitative estimate of drug-likeness (QED) is 0.885. The maximum atomic E-state index is 6.42. The molecule has 0 radical (unpaired) electrons. The second kappa shape index (κ2) is 6.02. The molecule has 0 aromatic heterocycles. The fourth-order valence-corrected chi connectivity index (χ4v) is 2.78. The molecule has 2 unspecified atom stereocenters. The SMILES string of the molecule is COc1ccc(Br)cc1C(N)C1CNCCN1C. The number of nitrogens with one attached hydrogen (secondary N) is 1. The van der Waals surface area contributed by atoms with Crippen molar-refractivity contribution in [1.29, 1.82) is 0 Å². The highest BCUT2D eigenvalue weighted by Gasteiger charge is 2.27. The third kappa shape index (κ3) is 2.85. The van der Waals surface area contributed by atoms with Gasteiger partial charge in [-0.05, 0) is 25.2 Å². The number of ether oxygens (including phenoxy) is 1. The lowest BCUT2D eigenvalue weighted by atomic mass is 9.97. The predicted molar refractivity (Wildman–Crippen MR) is 76.9 cm³/mol. The second-order valence-electron chi connectivity index (χ2n) is 4.66. The van der Waals surface area contributed by atoms with Gasteiger partial charge in [0.2, 0.25) is 0 Å². The number of hydrogen-bond acceptors (Lipinski definition) is 4. The Kier molecular flexibility index (Phi) is 4.61. The van der Waals surface area contributed by atoms with Gasteiger partial charge in [-0.2, -0.15) is 0 Å². The number of nitrogens with two attached hydrogens (primary N) is 1. The van der Waals surface area contributed by atoms with Crippen LogP contribution in [0.5, 0.6) is 5.75 Å². The van der Waals surface area contributed by atoms with Gasteiger partial charge in [-0.1, -0.05) is 15.9 Å². The first kappa shape index (κ1) is 13.8. The van der Waals surface area contributed by atoms with Crippen LogP contribution in [0, 0.1) is 0 Å². The van der Waals surface area contributed by atoms with E-state index in [4.69, 9.17) is 10.5 Å². The summed E-state index contributed by atoms with van der Waals surface area (Å²) < 4.78 is 6.44. The Labute approximate surface area is 117 Å². The minimum atomic E-state index is -0.0600. The van der Waals surface area contributed by atoms with Gasteiger partial charge < -0.3 is 15.8 Å². The van der Waals surface area contributed by atoms with Crippen LogP contribution in [0.2, 0.25) is 0 Å². The number of benzene rings is 1. The summed E-state index contributed by atoms with van der Waals surface area (Å²) in [6.45, 7) is 2.96. The maximum absolute atomic E-state index is 6.42. The zero-order chi connectivity index (χ0) is 13.1. The van der Waals surface area contributed by atoms with E-state index in [2.05, 4.69) is 33.2 Å². The predicted octanol–water partition coefficient (Wildman–Crippen LogP) is 1.36. The van der Waals surface area contributed by atoms with Gasteiger partial charge in [0, 0.05) is 35.7 Å². The Morgan fingerprint density at radius 2 is 2.33 bits per heavy atom. The molecule has 1 aromatic carbocycles. The molecular formula is C13H20BrN3O. The third-order valence-electron chi connectivity index (χ3n) is 3.53. The molecule has 0 aliphatic carbocycles. The molecule has 1 saturated heterocycles. The van der Waals surface area contributed by atoms with E-state index in [0.29, 0.717) is 6.04 Å². The molecule has 0 bridgehead atoms. The van der Waals surface area contributed by atoms with Gasteiger partial charge in [0.15, 0.2) is 0 Å². The molecule has 18 heavy (non-hydrogen) atoms. The molecule has 1 fully saturated rings. The number of halogens is 1. The van der Waals surface area contributed by atoms with Crippen molar-refractivity contribution in [1.82, 2.24) is 10.2 Å². The van der Waals surface area contributed by atoms with Crippen LogP contribution >= 0.6 is 15.9 Å². The molecule has 100 valence electrons. The van der Waals surface area contributed by atoms with E-state index in [1.165, 1.54) is 0 Å². The van der Waals surface area contributed by atoms with Gasteiger partial charge in [-0.15, -0.1) is 0 Å². The Hall–Kier alpha value is -0.620. The number of piperazine rings is 1. The van der Waals surface area contributed by atoms with Crippen LogP contribution in [0.1, 0.15) is 11.6 Å². The first-order valence-corrected chi connectivity index (χ1v) is 6.92. The number of hydrogen-bond donors (Lipinski definition) is 2. The van der Waals surface area contributed by atoms with Crippen LogP contribution in [0.3, 0.4) is 0 Å². The summed E-state index contributed by atoms with van der Waals surface area (Å²) in [5.41, 5.74) is 7.47. The van der Waals surface area contributed by atoms with Gasteiger partial charge in [-0.3, -0.25) is 4.90 Å². The number of methoxy groups -OCH3 is 1. The van der Waals surface area contributed by atoms with Crippen molar-refractivity contribution in [3.8, 4) is 5.75 Å². The maximum Gasteiger partial charge on any atom is 0.123 e. The highest BCUT2D eigenvalue weighted by molar-refractivity contribution is 9.10. The Balaban J connectivity index is 2.26. The highest BCUT2D eigenvalue weighted by Crippen LogP contribution is 2.30. The summed E-state index contributed by atoms with van der Waals surface area (Å²) in [5.74, 6) is 0.852. The molecule has 1 aromatic rings. The first-order chi connectivity index (χ1) is 8.63. The molecule has 0 spiro atoms. The van der Waals surface area contributed by atoms with Gasteiger partial charge in [-0.25, -0.2) is 0 Å². The van der Waals surface area contributed by atoms with Crippen molar-refractivity contribution in [2.24, 2.45) is 5.73 Å². The molecule has 1 heterocycles. The zero-order valence-corrected chi connectivity index (χ0v) is 12.4. The number of nitrogens with zero attached hydrogens (tertiary/aromatic N) is 1. The molecular weight excluding hydrogens is 294 g/mol. The standard InChI is InChI=1S/C13H20BrN3O/c1-17-6-5-16-8-11(17)13(15)10-7-9(14)3-4-12(10)18-2/h3-4,7,11,13,16H,5-6,8,15H2,1-2H3. The van der Waals surface area contributed by atoms with Crippen LogP contribution in [0.15, 0.2) is 22.7 Å². The van der Waals surface area contributed by atoms with E-state index in [0.717, 1.165) is 35.4 Å². The molecule has 5 heteroatoms. The van der Waals surface area contributed by atoms with Crippen LogP contribution in [-0.2, 0) is 0 Å². The number of rotatable bonds is 3. The summed E-state index contributed by atoms with van der Waals surface area (Å²) in [6, 6.07) is 6.21. The Morgan fingerprint density at radius 1 is 1.56 bits per heavy atom. The minimum Gasteiger partial charge on any atom is -0.496 e. The highest BCUT2D eigenvalue weighted by atomic mass is 79.9. The molecule has 1 aliphatic rings. The smallest absolute Gasteiger partial charge is 0.123 e. The molecule has 0 saturated carbocycles. The molecule has 3 N–H and O–H groups in total. The monoisotopic (exact) mass is 313 g/mol. The lowest BCUT2D eigenvalue weighted by Gasteiger charge is -2.37. The van der Waals surface area contributed by atoms with Crippen molar-refractivity contribution in [2.45, 2.75) is 12.1 Å². The fraction of sp³-hybridized carbons (Fsp3) is 0.538. The van der Waals surface area contributed by atoms with Crippen LogP contribution < -0.4 is 15.8 Å². The molecule has 1 aliphatic heterocycles. The van der Waals surface area contributed by atoms with E-state index in [1.807, 2.05) is 18.2 Å². The number of likely N-dealkylation sites (N-methyl/N-ethyl adjacent to an activating group) is 1. The van der Waals surface area contributed by atoms with Gasteiger partial charge in [0.05, 0.1) is 13.2 Å². The molecule has 2 rings (SSSR count). The second-order valence-corrected chi connectivity index (χ2v) is 5.58. The minimum absolute atomic E-state index is 0.0600. The normalized spacial score (nSPS) is 22.8. The molecule has 0 amide bonds. The van der Waals surface area contributed by atoms with Crippen molar-refractivity contribution in [3.05, 3.63) is 28.2 Å². The van der Waals surface area contributed by atoms with E-state index in [1.54, 1.807) is 7.11 Å². The topological polar surface area (TPSA) is 50.5 Å². The summed E-state index contributed by atoms with van der Waals surface area (Å²) >= 11 is 3.49. The van der Waals surface area contributed by atoms with E-state index < -0.39 is 0 Å². The fourth-order valence-electron chi connectivity index (χ4n) is 2.40. The lowest BCUT2D eigenvalue weighted by molar-refractivity contribution is 0.172. The van der Waals surface area contributed by atoms with Gasteiger partial charge in [0.25, 0.3) is 0 Å².